The number of hydrogen-bond acceptors (Lipinski definition) is 2. The average Bonchev–Trinajstić information content (AvgIpc) is 2.08. The van der Waals surface area contributed by atoms with E-state index < -0.39 is 17.7 Å². The molecule has 0 spiro atoms. The highest BCUT2D eigenvalue weighted by Crippen LogP contribution is 2.15. The summed E-state index contributed by atoms with van der Waals surface area (Å²) in [4.78, 5) is 0. The van der Waals surface area contributed by atoms with Crippen LogP contribution in [-0.4, -0.2) is 0 Å². The van der Waals surface area contributed by atoms with E-state index >= 15 is 0 Å². The molecule has 12 heavy (non-hydrogen) atoms. The second-order valence-corrected chi connectivity index (χ2v) is 2.27. The Morgan fingerprint density at radius 1 is 1.42 bits per heavy atom. The van der Waals surface area contributed by atoms with Gasteiger partial charge >= 0.3 is 0 Å². The highest BCUT2D eigenvalue weighted by atomic mass is 19.1. The quantitative estimate of drug-likeness (QED) is 0.690. The minimum Gasteiger partial charge on any atom is -0.312 e. The Balaban J connectivity index is 3.15. The van der Waals surface area contributed by atoms with Gasteiger partial charge in [-0.15, -0.1) is 0 Å². The van der Waals surface area contributed by atoms with Crippen LogP contribution in [-0.2, 0) is 0 Å². The molecule has 0 radical (unpaired) electrons. The van der Waals surface area contributed by atoms with Crippen molar-refractivity contribution >= 4 is 0 Å². The molecule has 1 rings (SSSR count). The van der Waals surface area contributed by atoms with Crippen molar-refractivity contribution in [1.29, 1.82) is 5.26 Å². The highest BCUT2D eigenvalue weighted by Gasteiger charge is 2.10. The van der Waals surface area contributed by atoms with Gasteiger partial charge in [0.1, 0.15) is 17.7 Å². The first-order valence-electron chi connectivity index (χ1n) is 3.25. The van der Waals surface area contributed by atoms with Gasteiger partial charge in [0.25, 0.3) is 0 Å². The maximum absolute atomic E-state index is 12.8. The van der Waals surface area contributed by atoms with Crippen molar-refractivity contribution in [3.63, 3.8) is 0 Å². The van der Waals surface area contributed by atoms with Gasteiger partial charge < -0.3 is 5.73 Å². The van der Waals surface area contributed by atoms with Crippen LogP contribution < -0.4 is 5.73 Å². The number of benzene rings is 1. The Morgan fingerprint density at radius 3 is 2.67 bits per heavy atom. The molecule has 0 heterocycles. The van der Waals surface area contributed by atoms with Gasteiger partial charge in [0.05, 0.1) is 6.07 Å². The van der Waals surface area contributed by atoms with E-state index in [1.165, 1.54) is 0 Å². The third kappa shape index (κ3) is 1.57. The van der Waals surface area contributed by atoms with E-state index in [0.29, 0.717) is 0 Å². The number of halogens is 2. The van der Waals surface area contributed by atoms with Gasteiger partial charge in [-0.1, -0.05) is 0 Å². The molecule has 0 aliphatic carbocycles. The first-order valence-corrected chi connectivity index (χ1v) is 3.25. The van der Waals surface area contributed by atoms with Crippen molar-refractivity contribution in [2.75, 3.05) is 0 Å². The second-order valence-electron chi connectivity index (χ2n) is 2.27. The smallest absolute Gasteiger partial charge is 0.129 e. The summed E-state index contributed by atoms with van der Waals surface area (Å²) in [6, 6.07) is 3.35. The molecule has 0 fully saturated rings. The fraction of sp³-hybridized carbons (Fsp3) is 0.125. The van der Waals surface area contributed by atoms with Gasteiger partial charge in [0, 0.05) is 5.56 Å². The summed E-state index contributed by atoms with van der Waals surface area (Å²) in [5, 5.41) is 8.34. The van der Waals surface area contributed by atoms with Gasteiger partial charge in [0.15, 0.2) is 0 Å². The van der Waals surface area contributed by atoms with Crippen LogP contribution in [0.5, 0.6) is 0 Å². The Kier molecular flexibility index (Phi) is 2.36. The number of hydrogen-bond donors (Lipinski definition) is 1. The Bertz CT molecular complexity index is 330. The number of rotatable bonds is 1. The van der Waals surface area contributed by atoms with Crippen molar-refractivity contribution in [2.24, 2.45) is 5.73 Å². The Hall–Kier alpha value is -1.47. The van der Waals surface area contributed by atoms with E-state index in [1.54, 1.807) is 6.07 Å². The monoisotopic (exact) mass is 168 g/mol. The van der Waals surface area contributed by atoms with Crippen LogP contribution in [0.4, 0.5) is 8.78 Å². The molecule has 0 amide bonds. The molecule has 1 atom stereocenters. The standard InChI is InChI=1S/C8H6F2N2/c9-5-1-2-7(10)6(3-5)8(12)4-11/h1-3,8H,12H2/t8-/m0/s1. The molecule has 1 aromatic carbocycles. The van der Waals surface area contributed by atoms with E-state index in [1.807, 2.05) is 0 Å². The molecule has 2 nitrogen and oxygen atoms in total. The number of nitrogens with two attached hydrogens (primary N) is 1. The van der Waals surface area contributed by atoms with Crippen molar-refractivity contribution in [3.8, 4) is 6.07 Å². The van der Waals surface area contributed by atoms with Crippen LogP contribution in [0.2, 0.25) is 0 Å². The Morgan fingerprint density at radius 2 is 2.08 bits per heavy atom. The Labute approximate surface area is 68.2 Å². The third-order valence-corrected chi connectivity index (χ3v) is 1.43. The first-order chi connectivity index (χ1) is 5.65. The number of nitrogens with zero attached hydrogens (tertiary/aromatic N) is 1. The summed E-state index contributed by atoms with van der Waals surface area (Å²) < 4.78 is 25.3. The molecule has 1 aromatic rings. The van der Waals surface area contributed by atoms with E-state index in [9.17, 15) is 8.78 Å². The van der Waals surface area contributed by atoms with Crippen molar-refractivity contribution in [3.05, 3.63) is 35.4 Å². The van der Waals surface area contributed by atoms with Crippen LogP contribution in [0.25, 0.3) is 0 Å². The molecular formula is C8H6F2N2. The predicted octanol–water partition coefficient (Wildman–Crippen LogP) is 1.49. The molecule has 2 N–H and O–H groups in total. The van der Waals surface area contributed by atoms with Crippen molar-refractivity contribution in [1.82, 2.24) is 0 Å². The summed E-state index contributed by atoms with van der Waals surface area (Å²) >= 11 is 0. The maximum atomic E-state index is 12.8. The molecule has 4 heteroatoms. The highest BCUT2D eigenvalue weighted by molar-refractivity contribution is 5.25. The van der Waals surface area contributed by atoms with E-state index in [2.05, 4.69) is 0 Å². The molecule has 62 valence electrons. The molecular weight excluding hydrogens is 162 g/mol. The van der Waals surface area contributed by atoms with Crippen LogP contribution in [0.15, 0.2) is 18.2 Å². The van der Waals surface area contributed by atoms with Crippen molar-refractivity contribution < 1.29 is 8.78 Å². The lowest BCUT2D eigenvalue weighted by Crippen LogP contribution is -2.09. The average molecular weight is 168 g/mol. The fourth-order valence-corrected chi connectivity index (χ4v) is 0.822. The van der Waals surface area contributed by atoms with Crippen LogP contribution >= 0.6 is 0 Å². The van der Waals surface area contributed by atoms with Crippen LogP contribution in [0.1, 0.15) is 11.6 Å². The van der Waals surface area contributed by atoms with Gasteiger partial charge in [-0.25, -0.2) is 8.78 Å². The van der Waals surface area contributed by atoms with Crippen molar-refractivity contribution in [2.45, 2.75) is 6.04 Å². The van der Waals surface area contributed by atoms with Gasteiger partial charge in [-0.05, 0) is 18.2 Å². The zero-order chi connectivity index (χ0) is 9.14. The first kappa shape index (κ1) is 8.62. The SMILES string of the molecule is N#C[C@H](N)c1cc(F)ccc1F. The summed E-state index contributed by atoms with van der Waals surface area (Å²) in [6.07, 6.45) is 0. The molecule has 0 bridgehead atoms. The third-order valence-electron chi connectivity index (χ3n) is 1.43. The van der Waals surface area contributed by atoms with Gasteiger partial charge in [-0.3, -0.25) is 0 Å². The molecule has 0 saturated heterocycles. The minimum absolute atomic E-state index is 0.113. The lowest BCUT2D eigenvalue weighted by molar-refractivity contribution is 0.580. The summed E-state index contributed by atoms with van der Waals surface area (Å²) in [5.74, 6) is -1.26. The molecule has 0 aliphatic rings. The largest absolute Gasteiger partial charge is 0.312 e. The predicted molar refractivity (Wildman–Crippen MR) is 38.9 cm³/mol. The molecule has 0 saturated carbocycles. The normalized spacial score (nSPS) is 12.2. The molecule has 0 aromatic heterocycles. The molecule has 0 aliphatic heterocycles. The summed E-state index contributed by atoms with van der Waals surface area (Å²) in [5.41, 5.74) is 5.08. The summed E-state index contributed by atoms with van der Waals surface area (Å²) in [7, 11) is 0. The van der Waals surface area contributed by atoms with Gasteiger partial charge in [-0.2, -0.15) is 5.26 Å². The lowest BCUT2D eigenvalue weighted by atomic mass is 10.1. The maximum Gasteiger partial charge on any atom is 0.129 e. The van der Waals surface area contributed by atoms with Gasteiger partial charge in [0.2, 0.25) is 0 Å². The minimum atomic E-state index is -1.11. The zero-order valence-corrected chi connectivity index (χ0v) is 6.09. The van der Waals surface area contributed by atoms with Crippen LogP contribution in [0.3, 0.4) is 0 Å². The second kappa shape index (κ2) is 3.28. The van der Waals surface area contributed by atoms with E-state index in [-0.39, 0.29) is 5.56 Å². The molecule has 0 unspecified atom stereocenters. The van der Waals surface area contributed by atoms with E-state index in [4.69, 9.17) is 11.0 Å². The van der Waals surface area contributed by atoms with Crippen LogP contribution in [0, 0.1) is 23.0 Å². The number of nitriles is 1. The fourth-order valence-electron chi connectivity index (χ4n) is 0.822. The topological polar surface area (TPSA) is 49.8 Å². The van der Waals surface area contributed by atoms with E-state index in [0.717, 1.165) is 18.2 Å². The lowest BCUT2D eigenvalue weighted by Gasteiger charge is -2.03. The zero-order valence-electron chi connectivity index (χ0n) is 6.09. The summed E-state index contributed by atoms with van der Waals surface area (Å²) in [6.45, 7) is 0.